The smallest absolute Gasteiger partial charge is 0.0666 e. The zero-order valence-electron chi connectivity index (χ0n) is 7.72. The lowest BCUT2D eigenvalue weighted by atomic mass is 9.99. The van der Waals surface area contributed by atoms with Gasteiger partial charge in [-0.3, -0.25) is 0 Å². The molecule has 2 nitrogen and oxygen atoms in total. The Balaban J connectivity index is 4.53. The largest absolute Gasteiger partial charge is 0.198 e. The molecule has 0 saturated carbocycles. The number of nitrogens with zero attached hydrogens (tertiary/aromatic N) is 2. The highest BCUT2D eigenvalue weighted by atomic mass is 14.3. The van der Waals surface area contributed by atoms with Crippen LogP contribution in [0.2, 0.25) is 0 Å². The molecule has 0 rings (SSSR count). The molecule has 0 N–H and O–H groups in total. The van der Waals surface area contributed by atoms with Crippen LogP contribution in [0.4, 0.5) is 0 Å². The molecule has 2 heteroatoms. The lowest BCUT2D eigenvalue weighted by molar-refractivity contribution is 0.920. The minimum Gasteiger partial charge on any atom is -0.198 e. The Kier molecular flexibility index (Phi) is 5.75. The van der Waals surface area contributed by atoms with E-state index in [0.717, 1.165) is 24.0 Å². The van der Waals surface area contributed by atoms with Gasteiger partial charge in [-0.2, -0.15) is 10.5 Å². The number of hydrogen-bond acceptors (Lipinski definition) is 2. The maximum Gasteiger partial charge on any atom is 0.0666 e. The van der Waals surface area contributed by atoms with Gasteiger partial charge in [-0.1, -0.05) is 25.0 Å². The highest BCUT2D eigenvalue weighted by Crippen LogP contribution is 2.18. The van der Waals surface area contributed by atoms with Crippen LogP contribution >= 0.6 is 0 Å². The molecular formula is C10H14N2. The first-order valence-corrected chi connectivity index (χ1v) is 4.23. The Morgan fingerprint density at radius 3 is 1.42 bits per heavy atom. The minimum atomic E-state index is 0.474. The van der Waals surface area contributed by atoms with Gasteiger partial charge in [0, 0.05) is 0 Å². The Bertz CT molecular complexity index is 212. The highest BCUT2D eigenvalue weighted by molar-refractivity contribution is 5.20. The third-order valence-corrected chi connectivity index (χ3v) is 1.94. The molecule has 0 aromatic rings. The number of rotatable bonds is 4. The Morgan fingerprint density at radius 2 is 1.25 bits per heavy atom. The van der Waals surface area contributed by atoms with Crippen molar-refractivity contribution in [1.29, 1.82) is 10.5 Å². The van der Waals surface area contributed by atoms with Crippen LogP contribution in [0.15, 0.2) is 11.1 Å². The van der Waals surface area contributed by atoms with Crippen molar-refractivity contribution < 1.29 is 0 Å². The van der Waals surface area contributed by atoms with Gasteiger partial charge in [-0.15, -0.1) is 0 Å². The van der Waals surface area contributed by atoms with Crippen LogP contribution in [0.3, 0.4) is 0 Å². The molecule has 0 aromatic carbocycles. The summed E-state index contributed by atoms with van der Waals surface area (Å²) >= 11 is 0. The van der Waals surface area contributed by atoms with Gasteiger partial charge in [0.2, 0.25) is 0 Å². The summed E-state index contributed by atoms with van der Waals surface area (Å²) < 4.78 is 0. The van der Waals surface area contributed by atoms with Crippen molar-refractivity contribution in [2.24, 2.45) is 0 Å². The number of nitriles is 2. The molecule has 0 saturated heterocycles. The molecule has 0 aliphatic rings. The molecule has 0 atom stereocenters. The van der Waals surface area contributed by atoms with E-state index in [4.69, 9.17) is 10.5 Å². The van der Waals surface area contributed by atoms with Crippen LogP contribution in [0, 0.1) is 22.7 Å². The molecule has 64 valence electrons. The average molecular weight is 162 g/mol. The fourth-order valence-corrected chi connectivity index (χ4v) is 1.19. The van der Waals surface area contributed by atoms with Crippen LogP contribution in [0.1, 0.15) is 39.5 Å². The summed E-state index contributed by atoms with van der Waals surface area (Å²) in [5, 5.41) is 17.0. The van der Waals surface area contributed by atoms with Crippen molar-refractivity contribution in [2.75, 3.05) is 0 Å². The molecule has 0 aliphatic carbocycles. The summed E-state index contributed by atoms with van der Waals surface area (Å²) in [7, 11) is 0. The third kappa shape index (κ3) is 3.21. The predicted octanol–water partition coefficient (Wildman–Crippen LogP) is 2.93. The van der Waals surface area contributed by atoms with Gasteiger partial charge in [0.15, 0.2) is 0 Å². The van der Waals surface area contributed by atoms with Gasteiger partial charge in [-0.05, 0) is 12.8 Å². The third-order valence-electron chi connectivity index (χ3n) is 1.94. The summed E-state index contributed by atoms with van der Waals surface area (Å²) in [6.07, 6.45) is 2.72. The normalized spacial score (nSPS) is 11.3. The van der Waals surface area contributed by atoms with Gasteiger partial charge in [0.25, 0.3) is 0 Å². The molecule has 0 fully saturated rings. The Labute approximate surface area is 74.1 Å². The summed E-state index contributed by atoms with van der Waals surface area (Å²) in [4.78, 5) is 0. The van der Waals surface area contributed by atoms with Crippen LogP contribution in [-0.4, -0.2) is 0 Å². The Morgan fingerprint density at radius 1 is 0.917 bits per heavy atom. The summed E-state index contributed by atoms with van der Waals surface area (Å²) in [5.41, 5.74) is 2.28. The summed E-state index contributed by atoms with van der Waals surface area (Å²) in [6.45, 7) is 4.05. The van der Waals surface area contributed by atoms with Crippen molar-refractivity contribution >= 4 is 0 Å². The zero-order valence-corrected chi connectivity index (χ0v) is 7.72. The topological polar surface area (TPSA) is 47.6 Å². The molecule has 0 aromatic heterocycles. The molecule has 0 radical (unpaired) electrons. The second-order valence-corrected chi connectivity index (χ2v) is 2.58. The van der Waals surface area contributed by atoms with Crippen LogP contribution < -0.4 is 0 Å². The van der Waals surface area contributed by atoms with E-state index in [9.17, 15) is 0 Å². The number of allylic oxidation sites excluding steroid dienone is 2. The van der Waals surface area contributed by atoms with E-state index in [1.807, 2.05) is 13.8 Å². The summed E-state index contributed by atoms with van der Waals surface area (Å²) in [6, 6.07) is 4.25. The van der Waals surface area contributed by atoms with E-state index in [2.05, 4.69) is 12.1 Å². The van der Waals surface area contributed by atoms with E-state index in [0.29, 0.717) is 12.8 Å². The first-order valence-electron chi connectivity index (χ1n) is 4.23. The first-order chi connectivity index (χ1) is 5.79. The standard InChI is InChI=1S/C10H14N2/c1-3-9(5-7-11)10(4-2)6-8-12/h3-6H2,1-2H3/b10-9+. The van der Waals surface area contributed by atoms with E-state index in [1.165, 1.54) is 0 Å². The highest BCUT2D eigenvalue weighted by Gasteiger charge is 2.02. The van der Waals surface area contributed by atoms with E-state index >= 15 is 0 Å². The van der Waals surface area contributed by atoms with Crippen molar-refractivity contribution in [1.82, 2.24) is 0 Å². The van der Waals surface area contributed by atoms with Crippen LogP contribution in [0.5, 0.6) is 0 Å². The molecule has 0 amide bonds. The van der Waals surface area contributed by atoms with Gasteiger partial charge < -0.3 is 0 Å². The van der Waals surface area contributed by atoms with Crippen molar-refractivity contribution in [3.05, 3.63) is 11.1 Å². The van der Waals surface area contributed by atoms with Gasteiger partial charge in [0.05, 0.1) is 25.0 Å². The predicted molar refractivity (Wildman–Crippen MR) is 48.1 cm³/mol. The molecule has 0 unspecified atom stereocenters. The van der Waals surface area contributed by atoms with Gasteiger partial charge in [0.1, 0.15) is 0 Å². The maximum absolute atomic E-state index is 8.51. The molecule has 0 heterocycles. The lowest BCUT2D eigenvalue weighted by Crippen LogP contribution is -1.89. The summed E-state index contributed by atoms with van der Waals surface area (Å²) in [5.74, 6) is 0. The minimum absolute atomic E-state index is 0.474. The first kappa shape index (κ1) is 10.7. The quantitative estimate of drug-likeness (QED) is 0.596. The SMILES string of the molecule is CC/C(CC#N)=C(/CC)CC#N. The molecule has 0 aliphatic heterocycles. The van der Waals surface area contributed by atoms with Crippen molar-refractivity contribution in [3.8, 4) is 12.1 Å². The molecule has 0 bridgehead atoms. The van der Waals surface area contributed by atoms with Crippen LogP contribution in [-0.2, 0) is 0 Å². The van der Waals surface area contributed by atoms with Gasteiger partial charge in [-0.25, -0.2) is 0 Å². The molecular weight excluding hydrogens is 148 g/mol. The van der Waals surface area contributed by atoms with E-state index < -0.39 is 0 Å². The van der Waals surface area contributed by atoms with Gasteiger partial charge >= 0.3 is 0 Å². The maximum atomic E-state index is 8.51. The molecule has 12 heavy (non-hydrogen) atoms. The van der Waals surface area contributed by atoms with E-state index in [-0.39, 0.29) is 0 Å². The monoisotopic (exact) mass is 162 g/mol. The van der Waals surface area contributed by atoms with E-state index in [1.54, 1.807) is 0 Å². The molecule has 0 spiro atoms. The fourth-order valence-electron chi connectivity index (χ4n) is 1.19. The average Bonchev–Trinajstić information content (AvgIpc) is 2.11. The zero-order chi connectivity index (χ0) is 9.40. The Hall–Kier alpha value is -1.28. The van der Waals surface area contributed by atoms with Crippen molar-refractivity contribution in [2.45, 2.75) is 39.5 Å². The second-order valence-electron chi connectivity index (χ2n) is 2.58. The lowest BCUT2D eigenvalue weighted by Gasteiger charge is -2.05. The number of hydrogen-bond donors (Lipinski definition) is 0. The van der Waals surface area contributed by atoms with Crippen LogP contribution in [0.25, 0.3) is 0 Å². The van der Waals surface area contributed by atoms with Crippen molar-refractivity contribution in [3.63, 3.8) is 0 Å². The fraction of sp³-hybridized carbons (Fsp3) is 0.600. The second kappa shape index (κ2) is 6.43.